The van der Waals surface area contributed by atoms with Crippen molar-refractivity contribution in [2.45, 2.75) is 11.8 Å². The highest BCUT2D eigenvalue weighted by Crippen LogP contribution is 2.19. The average Bonchev–Trinajstić information content (AvgIpc) is 2.49. The van der Waals surface area contributed by atoms with Crippen molar-refractivity contribution in [3.8, 4) is 5.75 Å². The van der Waals surface area contributed by atoms with E-state index in [4.69, 9.17) is 4.74 Å². The Morgan fingerprint density at radius 3 is 2.18 bits per heavy atom. The van der Waals surface area contributed by atoms with Crippen LogP contribution >= 0.6 is 0 Å². The summed E-state index contributed by atoms with van der Waals surface area (Å²) in [7, 11) is -3.79. The number of aromatic carboxylic acids is 1. The van der Waals surface area contributed by atoms with Crippen molar-refractivity contribution in [2.24, 2.45) is 0 Å². The molecule has 0 amide bonds. The summed E-state index contributed by atoms with van der Waals surface area (Å²) < 4.78 is 32.1. The lowest BCUT2D eigenvalue weighted by Gasteiger charge is -2.10. The van der Waals surface area contributed by atoms with Crippen LogP contribution < -0.4 is 14.6 Å². The maximum Gasteiger partial charge on any atom is 0.261 e. The zero-order valence-electron chi connectivity index (χ0n) is 11.8. The molecule has 0 aliphatic rings. The summed E-state index contributed by atoms with van der Waals surface area (Å²) >= 11 is 0. The number of benzene rings is 2. The van der Waals surface area contributed by atoms with Gasteiger partial charge in [0.15, 0.2) is 0 Å². The van der Waals surface area contributed by atoms with E-state index in [1.807, 2.05) is 6.92 Å². The molecule has 0 saturated heterocycles. The highest BCUT2D eigenvalue weighted by molar-refractivity contribution is 7.92. The Morgan fingerprint density at radius 2 is 1.68 bits per heavy atom. The normalized spacial score (nSPS) is 11.0. The lowest BCUT2D eigenvalue weighted by atomic mass is 10.2. The van der Waals surface area contributed by atoms with Crippen molar-refractivity contribution in [3.63, 3.8) is 0 Å². The molecule has 0 aliphatic carbocycles. The number of carbonyl (C=O) groups is 1. The molecule has 0 spiro atoms. The Bertz CT molecular complexity index is 752. The second-order valence-electron chi connectivity index (χ2n) is 4.37. The van der Waals surface area contributed by atoms with Gasteiger partial charge >= 0.3 is 0 Å². The molecule has 0 bridgehead atoms. The van der Waals surface area contributed by atoms with Gasteiger partial charge in [-0.2, -0.15) is 0 Å². The molecule has 2 aromatic carbocycles. The van der Waals surface area contributed by atoms with E-state index >= 15 is 0 Å². The van der Waals surface area contributed by atoms with Gasteiger partial charge in [0.25, 0.3) is 10.0 Å². The smallest absolute Gasteiger partial charge is 0.261 e. The number of nitrogens with one attached hydrogen (secondary N) is 1. The Morgan fingerprint density at radius 1 is 1.09 bits per heavy atom. The van der Waals surface area contributed by atoms with Crippen molar-refractivity contribution >= 4 is 21.7 Å². The maximum atomic E-state index is 12.2. The van der Waals surface area contributed by atoms with Gasteiger partial charge in [0.2, 0.25) is 0 Å². The predicted octanol–water partition coefficient (Wildman–Crippen LogP) is 1.25. The average molecular weight is 320 g/mol. The van der Waals surface area contributed by atoms with Crippen LogP contribution in [0.5, 0.6) is 5.75 Å². The summed E-state index contributed by atoms with van der Waals surface area (Å²) in [6, 6.07) is 11.3. The third-order valence-electron chi connectivity index (χ3n) is 2.82. The number of sulfonamides is 1. The van der Waals surface area contributed by atoms with Gasteiger partial charge in [0, 0.05) is 5.69 Å². The first-order chi connectivity index (χ1) is 10.4. The zero-order valence-corrected chi connectivity index (χ0v) is 12.6. The van der Waals surface area contributed by atoms with E-state index in [0.717, 1.165) is 0 Å². The number of hydrogen-bond acceptors (Lipinski definition) is 5. The van der Waals surface area contributed by atoms with Crippen molar-refractivity contribution in [1.82, 2.24) is 0 Å². The van der Waals surface area contributed by atoms with Crippen LogP contribution in [0.3, 0.4) is 0 Å². The first-order valence-corrected chi connectivity index (χ1v) is 7.98. The van der Waals surface area contributed by atoms with E-state index < -0.39 is 16.0 Å². The van der Waals surface area contributed by atoms with Crippen molar-refractivity contribution < 1.29 is 23.1 Å². The molecule has 7 heteroatoms. The fourth-order valence-electron chi connectivity index (χ4n) is 1.77. The van der Waals surface area contributed by atoms with Crippen molar-refractivity contribution in [1.29, 1.82) is 0 Å². The predicted molar refractivity (Wildman–Crippen MR) is 79.2 cm³/mol. The first-order valence-electron chi connectivity index (χ1n) is 6.49. The highest BCUT2D eigenvalue weighted by Gasteiger charge is 2.14. The molecule has 2 aromatic rings. The summed E-state index contributed by atoms with van der Waals surface area (Å²) in [6.45, 7) is 2.38. The number of hydrogen-bond donors (Lipinski definition) is 1. The molecular weight excluding hydrogens is 306 g/mol. The summed E-state index contributed by atoms with van der Waals surface area (Å²) in [5.41, 5.74) is 0.299. The van der Waals surface area contributed by atoms with E-state index in [9.17, 15) is 18.3 Å². The minimum Gasteiger partial charge on any atom is -0.545 e. The van der Waals surface area contributed by atoms with Gasteiger partial charge in [-0.3, -0.25) is 4.72 Å². The van der Waals surface area contributed by atoms with Crippen LogP contribution in [0.25, 0.3) is 0 Å². The lowest BCUT2D eigenvalue weighted by Crippen LogP contribution is -2.22. The van der Waals surface area contributed by atoms with Crippen LogP contribution in [0.4, 0.5) is 5.69 Å². The molecule has 1 N–H and O–H groups in total. The summed E-state index contributed by atoms with van der Waals surface area (Å²) in [4.78, 5) is 10.6. The zero-order chi connectivity index (χ0) is 16.2. The third-order valence-corrected chi connectivity index (χ3v) is 4.22. The summed E-state index contributed by atoms with van der Waals surface area (Å²) in [6.07, 6.45) is 0. The lowest BCUT2D eigenvalue weighted by molar-refractivity contribution is -0.255. The molecular formula is C15H14NO5S-. The van der Waals surface area contributed by atoms with Crippen LogP contribution in [-0.2, 0) is 10.0 Å². The molecule has 2 rings (SSSR count). The fourth-order valence-corrected chi connectivity index (χ4v) is 2.83. The van der Waals surface area contributed by atoms with Crippen LogP contribution in [-0.4, -0.2) is 21.0 Å². The first kappa shape index (κ1) is 15.8. The third kappa shape index (κ3) is 3.76. The highest BCUT2D eigenvalue weighted by atomic mass is 32.2. The minimum absolute atomic E-state index is 0.0358. The number of rotatable bonds is 6. The van der Waals surface area contributed by atoms with Crippen LogP contribution in [0, 0.1) is 0 Å². The van der Waals surface area contributed by atoms with Crippen LogP contribution in [0.1, 0.15) is 17.3 Å². The Kier molecular flexibility index (Phi) is 4.67. The molecule has 0 saturated carbocycles. The van der Waals surface area contributed by atoms with E-state index in [1.54, 1.807) is 24.3 Å². The topological polar surface area (TPSA) is 95.5 Å². The minimum atomic E-state index is -3.79. The SMILES string of the molecule is CCOc1ccc(NS(=O)(=O)c2ccc(C(=O)[O-])cc2)cc1. The number of carbonyl (C=O) groups excluding carboxylic acids is 1. The van der Waals surface area contributed by atoms with Gasteiger partial charge in [-0.15, -0.1) is 0 Å². The monoisotopic (exact) mass is 320 g/mol. The van der Waals surface area contributed by atoms with E-state index in [0.29, 0.717) is 18.0 Å². The molecule has 116 valence electrons. The van der Waals surface area contributed by atoms with Gasteiger partial charge in [0.05, 0.1) is 17.5 Å². The van der Waals surface area contributed by atoms with Gasteiger partial charge < -0.3 is 14.6 Å². The van der Waals surface area contributed by atoms with Gasteiger partial charge in [-0.1, -0.05) is 12.1 Å². The van der Waals surface area contributed by atoms with Crippen molar-refractivity contribution in [3.05, 3.63) is 54.1 Å². The van der Waals surface area contributed by atoms with Gasteiger partial charge in [0.1, 0.15) is 5.75 Å². The molecule has 22 heavy (non-hydrogen) atoms. The van der Waals surface area contributed by atoms with E-state index in [-0.39, 0.29) is 10.5 Å². The number of carboxylic acid groups (broad SMARTS) is 1. The number of anilines is 1. The molecule has 0 atom stereocenters. The Hall–Kier alpha value is -2.54. The molecule has 0 radical (unpaired) electrons. The Balaban J connectivity index is 2.18. The maximum absolute atomic E-state index is 12.2. The molecule has 0 fully saturated rings. The summed E-state index contributed by atoms with van der Waals surface area (Å²) in [5.74, 6) is -0.716. The van der Waals surface area contributed by atoms with Crippen molar-refractivity contribution in [2.75, 3.05) is 11.3 Å². The molecule has 0 unspecified atom stereocenters. The van der Waals surface area contributed by atoms with Crippen LogP contribution in [0.2, 0.25) is 0 Å². The van der Waals surface area contributed by atoms with Gasteiger partial charge in [-0.05, 0) is 48.9 Å². The molecule has 0 aliphatic heterocycles. The largest absolute Gasteiger partial charge is 0.545 e. The quantitative estimate of drug-likeness (QED) is 0.864. The standard InChI is InChI=1S/C15H15NO5S/c1-2-21-13-7-5-12(6-8-13)16-22(19,20)14-9-3-11(4-10-14)15(17)18/h3-10,16H,2H2,1H3,(H,17,18)/p-1. The molecule has 0 aromatic heterocycles. The number of carboxylic acids is 1. The number of ether oxygens (including phenoxy) is 1. The fraction of sp³-hybridized carbons (Fsp3) is 0.133. The summed E-state index contributed by atoms with van der Waals surface area (Å²) in [5, 5.41) is 10.7. The second kappa shape index (κ2) is 6.48. The van der Waals surface area contributed by atoms with Crippen LogP contribution in [0.15, 0.2) is 53.4 Å². The van der Waals surface area contributed by atoms with E-state index in [1.165, 1.54) is 24.3 Å². The van der Waals surface area contributed by atoms with Gasteiger partial charge in [-0.25, -0.2) is 8.42 Å². The molecule has 0 heterocycles. The Labute approximate surface area is 128 Å². The second-order valence-corrected chi connectivity index (χ2v) is 6.06. The molecule has 6 nitrogen and oxygen atoms in total. The van der Waals surface area contributed by atoms with E-state index in [2.05, 4.69) is 4.72 Å².